The fraction of sp³-hybridized carbons (Fsp3) is 1.00. The van der Waals surface area contributed by atoms with E-state index in [1.807, 2.05) is 11.2 Å². The molecular weight excluding hydrogens is 196 g/mol. The Bertz CT molecular complexity index is 81.0. The van der Waals surface area contributed by atoms with Crippen molar-refractivity contribution in [3.8, 4) is 0 Å². The number of rotatable bonds is 7. The molecule has 0 saturated carbocycles. The lowest BCUT2D eigenvalue weighted by Gasteiger charge is -2.11. The van der Waals surface area contributed by atoms with Gasteiger partial charge < -0.3 is 9.47 Å². The number of thiol groups is 1. The third-order valence-corrected chi connectivity index (χ3v) is 5.58. The van der Waals surface area contributed by atoms with E-state index in [0.29, 0.717) is 0 Å². The number of hydrogen-bond donors (Lipinski definition) is 1. The summed E-state index contributed by atoms with van der Waals surface area (Å²) in [5, 5.41) is 0. The van der Waals surface area contributed by atoms with E-state index in [-0.39, 0.29) is 14.3 Å². The third kappa shape index (κ3) is 7.21. The van der Waals surface area contributed by atoms with Gasteiger partial charge in [0.05, 0.1) is 8.67 Å². The Kier molecular flexibility index (Phi) is 9.61. The Morgan fingerprint density at radius 1 is 1.45 bits per heavy atom. The van der Waals surface area contributed by atoms with Gasteiger partial charge in [-0.05, 0) is 12.2 Å². The maximum absolute atomic E-state index is 5.04. The number of methoxy groups -OCH3 is 2. The highest BCUT2D eigenvalue weighted by atomic mass is 32.4. The minimum Gasteiger partial charge on any atom is -0.347 e. The third-order valence-electron chi connectivity index (χ3n) is 1.19. The maximum Gasteiger partial charge on any atom is 0.200 e. The lowest BCUT2D eigenvalue weighted by molar-refractivity contribution is -0.0333. The van der Waals surface area contributed by atoms with Crippen LogP contribution < -0.4 is 0 Å². The molecule has 0 aliphatic heterocycles. The van der Waals surface area contributed by atoms with E-state index in [2.05, 4.69) is 12.6 Å². The molecular formula is C6H16O2S2Si. The van der Waals surface area contributed by atoms with Gasteiger partial charge in [-0.1, -0.05) is 6.04 Å². The Hall–Kier alpha value is 0.837. The molecule has 0 amide bonds. The van der Waals surface area contributed by atoms with E-state index in [9.17, 15) is 0 Å². The van der Waals surface area contributed by atoms with Crippen LogP contribution in [0, 0.1) is 0 Å². The van der Waals surface area contributed by atoms with Gasteiger partial charge in [-0.3, -0.25) is 0 Å². The normalized spacial score (nSPS) is 12.0. The predicted octanol–water partition coefficient (Wildman–Crippen LogP) is 1.12. The van der Waals surface area contributed by atoms with Crippen molar-refractivity contribution in [2.24, 2.45) is 0 Å². The second-order valence-electron chi connectivity index (χ2n) is 2.06. The molecule has 0 aliphatic rings. The molecule has 0 radical (unpaired) electrons. The van der Waals surface area contributed by atoms with Crippen LogP contribution in [0.2, 0.25) is 6.04 Å². The van der Waals surface area contributed by atoms with Crippen LogP contribution in [0.1, 0.15) is 6.42 Å². The highest BCUT2D eigenvalue weighted by molar-refractivity contribution is 8.22. The van der Waals surface area contributed by atoms with E-state index in [0.717, 1.165) is 5.75 Å². The Balaban J connectivity index is 3.07. The molecule has 0 bridgehead atoms. The van der Waals surface area contributed by atoms with Gasteiger partial charge in [-0.15, -0.1) is 11.2 Å². The first-order chi connectivity index (χ1) is 5.35. The molecule has 2 nitrogen and oxygen atoms in total. The number of hydrogen-bond acceptors (Lipinski definition) is 4. The molecule has 68 valence electrons. The van der Waals surface area contributed by atoms with Gasteiger partial charge in [0.25, 0.3) is 0 Å². The highest BCUT2D eigenvalue weighted by Crippen LogP contribution is 2.12. The van der Waals surface area contributed by atoms with E-state index < -0.39 is 0 Å². The summed E-state index contributed by atoms with van der Waals surface area (Å²) in [5.74, 6) is 0.998. The molecule has 0 spiro atoms. The van der Waals surface area contributed by atoms with Gasteiger partial charge in [0.2, 0.25) is 0 Å². The second-order valence-corrected chi connectivity index (χ2v) is 6.57. The van der Waals surface area contributed by atoms with Gasteiger partial charge in [-0.25, -0.2) is 0 Å². The van der Waals surface area contributed by atoms with Crippen molar-refractivity contribution in [3.05, 3.63) is 0 Å². The van der Waals surface area contributed by atoms with Crippen molar-refractivity contribution in [1.29, 1.82) is 0 Å². The SMILES string of the molecule is COC(OC)S[SiH2]CCCS. The summed E-state index contributed by atoms with van der Waals surface area (Å²) in [6, 6.07) is 1.32. The fourth-order valence-electron chi connectivity index (χ4n) is 0.626. The van der Waals surface area contributed by atoms with Crippen LogP contribution in [0.15, 0.2) is 0 Å². The minimum atomic E-state index is -0.0513. The lowest BCUT2D eigenvalue weighted by atomic mass is 10.6. The van der Waals surface area contributed by atoms with Gasteiger partial charge in [0.15, 0.2) is 5.62 Å². The molecule has 0 atom stereocenters. The highest BCUT2D eigenvalue weighted by Gasteiger charge is 2.03. The smallest absolute Gasteiger partial charge is 0.200 e. The van der Waals surface area contributed by atoms with Gasteiger partial charge in [0, 0.05) is 14.2 Å². The first kappa shape index (κ1) is 11.8. The van der Waals surface area contributed by atoms with Crippen molar-refractivity contribution in [1.82, 2.24) is 0 Å². The predicted molar refractivity (Wildman–Crippen MR) is 57.2 cm³/mol. The average Bonchev–Trinajstić information content (AvgIpc) is 2.05. The van der Waals surface area contributed by atoms with Crippen molar-refractivity contribution >= 4 is 32.5 Å². The monoisotopic (exact) mass is 212 g/mol. The molecule has 0 aromatic rings. The quantitative estimate of drug-likeness (QED) is 0.295. The van der Waals surface area contributed by atoms with Gasteiger partial charge in [0.1, 0.15) is 0 Å². The van der Waals surface area contributed by atoms with Gasteiger partial charge in [-0.2, -0.15) is 12.6 Å². The summed E-state index contributed by atoms with van der Waals surface area (Å²) >= 11 is 5.96. The Labute approximate surface area is 80.3 Å². The van der Waals surface area contributed by atoms with E-state index in [4.69, 9.17) is 9.47 Å². The summed E-state index contributed by atoms with van der Waals surface area (Å²) in [5.41, 5.74) is -0.0402. The molecule has 0 aliphatic carbocycles. The van der Waals surface area contributed by atoms with Crippen LogP contribution in [0.25, 0.3) is 0 Å². The standard InChI is InChI=1S/C6H16O2S2Si/c1-7-6(8-2)10-11-5-3-4-9/h6,9H,3-5,11H2,1-2H3. The molecule has 11 heavy (non-hydrogen) atoms. The van der Waals surface area contributed by atoms with E-state index in [1.165, 1.54) is 12.5 Å². The zero-order valence-corrected chi connectivity index (χ0v) is 10.2. The van der Waals surface area contributed by atoms with E-state index >= 15 is 0 Å². The van der Waals surface area contributed by atoms with Crippen molar-refractivity contribution in [2.75, 3.05) is 20.0 Å². The molecule has 0 N–H and O–H groups in total. The van der Waals surface area contributed by atoms with E-state index in [1.54, 1.807) is 14.2 Å². The topological polar surface area (TPSA) is 18.5 Å². The summed E-state index contributed by atoms with van der Waals surface area (Å²) in [6.45, 7) is 0. The summed E-state index contributed by atoms with van der Waals surface area (Å²) in [6.07, 6.45) is 1.22. The molecule has 0 saturated heterocycles. The molecule has 0 aromatic carbocycles. The maximum atomic E-state index is 5.04. The van der Waals surface area contributed by atoms with Crippen LogP contribution >= 0.6 is 23.8 Å². The second kappa shape index (κ2) is 8.93. The van der Waals surface area contributed by atoms with Crippen molar-refractivity contribution in [2.45, 2.75) is 18.1 Å². The number of ether oxygens (including phenoxy) is 2. The molecule has 5 heteroatoms. The van der Waals surface area contributed by atoms with Crippen LogP contribution in [-0.2, 0) is 9.47 Å². The van der Waals surface area contributed by atoms with Crippen molar-refractivity contribution in [3.63, 3.8) is 0 Å². The summed E-state index contributed by atoms with van der Waals surface area (Å²) in [4.78, 5) is 0. The molecule has 0 aromatic heterocycles. The lowest BCUT2D eigenvalue weighted by Crippen LogP contribution is -2.09. The van der Waals surface area contributed by atoms with Crippen LogP contribution in [0.5, 0.6) is 0 Å². The van der Waals surface area contributed by atoms with Crippen molar-refractivity contribution < 1.29 is 9.47 Å². The summed E-state index contributed by atoms with van der Waals surface area (Å²) < 4.78 is 10.1. The minimum absolute atomic E-state index is 0.0402. The van der Waals surface area contributed by atoms with Gasteiger partial charge >= 0.3 is 0 Å². The molecule has 0 fully saturated rings. The Morgan fingerprint density at radius 3 is 2.55 bits per heavy atom. The Morgan fingerprint density at radius 2 is 2.09 bits per heavy atom. The van der Waals surface area contributed by atoms with Crippen LogP contribution in [0.3, 0.4) is 0 Å². The zero-order valence-electron chi connectivity index (χ0n) is 7.08. The summed E-state index contributed by atoms with van der Waals surface area (Å²) in [7, 11) is 3.30. The molecule has 0 unspecified atom stereocenters. The molecule has 0 heterocycles. The van der Waals surface area contributed by atoms with Crippen LogP contribution in [0.4, 0.5) is 0 Å². The molecule has 0 rings (SSSR count). The first-order valence-corrected chi connectivity index (χ1v) is 8.04. The largest absolute Gasteiger partial charge is 0.347 e. The first-order valence-electron chi connectivity index (χ1n) is 3.63. The van der Waals surface area contributed by atoms with Crippen LogP contribution in [-0.4, -0.2) is 34.3 Å². The zero-order chi connectivity index (χ0) is 8.53. The fourth-order valence-corrected chi connectivity index (χ4v) is 4.86. The average molecular weight is 212 g/mol.